The molecule has 35 atom stereocenters. The van der Waals surface area contributed by atoms with Crippen LogP contribution in [0.2, 0.25) is 0 Å². The maximum atomic E-state index is 15.8. The van der Waals surface area contributed by atoms with Crippen LogP contribution in [0.1, 0.15) is 134 Å². The van der Waals surface area contributed by atoms with Gasteiger partial charge < -0.3 is 123 Å². The average molecular weight is 1310 g/mol. The van der Waals surface area contributed by atoms with Crippen molar-refractivity contribution in [2.75, 3.05) is 13.2 Å². The molecule has 5 aliphatic carbocycles. The van der Waals surface area contributed by atoms with Crippen LogP contribution in [0.15, 0.2) is 11.6 Å². The number of esters is 3. The number of aliphatic hydroxyl groups is 13. The Balaban J connectivity index is 0.909. The molecule has 0 spiro atoms. The molecule has 5 saturated heterocycles. The van der Waals surface area contributed by atoms with Crippen molar-refractivity contribution in [3.8, 4) is 0 Å². The lowest BCUT2D eigenvalue weighted by atomic mass is 9.33. The molecule has 4 saturated carbocycles. The van der Waals surface area contributed by atoms with Gasteiger partial charge in [0.2, 0.25) is 6.29 Å². The number of aliphatic hydroxyl groups excluding tert-OH is 13. The Morgan fingerprint density at radius 1 is 0.516 bits per heavy atom. The van der Waals surface area contributed by atoms with E-state index in [9.17, 15) is 76.0 Å². The Morgan fingerprint density at radius 2 is 1.05 bits per heavy atom. The fraction of sp³-hybridized carbons (Fsp3) is 0.921. The predicted octanol–water partition coefficient (Wildman–Crippen LogP) is -1.41. The zero-order chi connectivity index (χ0) is 66.9. The van der Waals surface area contributed by atoms with Crippen molar-refractivity contribution in [1.29, 1.82) is 0 Å². The first-order valence-electron chi connectivity index (χ1n) is 32.3. The first-order valence-corrected chi connectivity index (χ1v) is 32.3. The summed E-state index contributed by atoms with van der Waals surface area (Å²) in [4.78, 5) is 41.3. The minimum Gasteiger partial charge on any atom is -0.457 e. The van der Waals surface area contributed by atoms with Crippen LogP contribution in [0.4, 0.5) is 0 Å². The Hall–Kier alpha value is -2.73. The summed E-state index contributed by atoms with van der Waals surface area (Å²) < 4.78 is 71.9. The SMILES string of the molecule is CC(=O)OC1C(C)OC(OC(=O)C23CCC(C)(C)CC2C2=CCC4C5(C)CC(O)C(OC6OC(C)C(O)C(O)C6O)C(C)(CO)C5CCC4(C)C2(C)CC3O)C(OC2OC(C)C(OC3OCC(O)C(OC4OC(C)C(O)C(O)C4O)C3O)C(O)C2OC(C)=O)C1O. The number of allylic oxidation sites excluding steroid dienone is 2. The Labute approximate surface area is 529 Å². The number of ether oxygens (including phenoxy) is 12. The van der Waals surface area contributed by atoms with Crippen LogP contribution >= 0.6 is 0 Å². The molecule has 13 N–H and O–H groups in total. The molecule has 5 heterocycles. The number of carbonyl (C=O) groups is 3. The van der Waals surface area contributed by atoms with Gasteiger partial charge in [-0.1, -0.05) is 53.2 Å². The summed E-state index contributed by atoms with van der Waals surface area (Å²) in [6.07, 6.45) is -36.0. The summed E-state index contributed by atoms with van der Waals surface area (Å²) in [5, 5.41) is 147. The quantitative estimate of drug-likeness (QED) is 0.0436. The fourth-order valence-electron chi connectivity index (χ4n) is 18.4. The molecule has 10 rings (SSSR count). The van der Waals surface area contributed by atoms with Gasteiger partial charge in [0.25, 0.3) is 0 Å². The van der Waals surface area contributed by atoms with Crippen LogP contribution in [0.5, 0.6) is 0 Å². The van der Waals surface area contributed by atoms with Crippen LogP contribution in [-0.4, -0.2) is 263 Å². The van der Waals surface area contributed by atoms with Crippen molar-refractivity contribution in [3.63, 3.8) is 0 Å². The van der Waals surface area contributed by atoms with E-state index < -0.39 is 230 Å². The molecule has 0 aromatic carbocycles. The van der Waals surface area contributed by atoms with Crippen molar-refractivity contribution in [2.24, 2.45) is 50.2 Å². The highest BCUT2D eigenvalue weighted by Gasteiger charge is 2.73. The highest BCUT2D eigenvalue weighted by Crippen LogP contribution is 2.76. The molecular weight excluding hydrogens is 1200 g/mol. The topological polar surface area (TPSA) is 425 Å². The highest BCUT2D eigenvalue weighted by molar-refractivity contribution is 5.80. The largest absolute Gasteiger partial charge is 0.457 e. The molecule has 91 heavy (non-hydrogen) atoms. The molecule has 520 valence electrons. The van der Waals surface area contributed by atoms with Crippen LogP contribution < -0.4 is 0 Å². The van der Waals surface area contributed by atoms with Gasteiger partial charge in [-0.15, -0.1) is 0 Å². The third kappa shape index (κ3) is 12.1. The molecule has 0 bridgehead atoms. The van der Waals surface area contributed by atoms with E-state index in [1.807, 2.05) is 6.92 Å². The number of rotatable bonds is 13. The van der Waals surface area contributed by atoms with Crippen molar-refractivity contribution >= 4 is 17.9 Å². The van der Waals surface area contributed by atoms with Gasteiger partial charge in [-0.25, -0.2) is 0 Å². The lowest BCUT2D eigenvalue weighted by Gasteiger charge is -2.72. The normalized spacial score (nSPS) is 53.9. The van der Waals surface area contributed by atoms with Gasteiger partial charge in [0.15, 0.2) is 43.5 Å². The molecule has 35 unspecified atom stereocenters. The first kappa shape index (κ1) is 71.1. The Bertz CT molecular complexity index is 2650. The molecule has 10 aliphatic rings. The molecule has 0 aromatic heterocycles. The first-order chi connectivity index (χ1) is 42.4. The monoisotopic (exact) mass is 1300 g/mol. The Morgan fingerprint density at radius 3 is 1.66 bits per heavy atom. The summed E-state index contributed by atoms with van der Waals surface area (Å²) in [6.45, 7) is 19.7. The van der Waals surface area contributed by atoms with Crippen LogP contribution in [-0.2, 0) is 71.2 Å². The maximum Gasteiger partial charge on any atom is 0.317 e. The smallest absolute Gasteiger partial charge is 0.317 e. The van der Waals surface area contributed by atoms with E-state index in [0.717, 1.165) is 19.4 Å². The van der Waals surface area contributed by atoms with Crippen molar-refractivity contribution in [1.82, 2.24) is 0 Å². The van der Waals surface area contributed by atoms with Crippen LogP contribution in [0.25, 0.3) is 0 Å². The molecule has 0 radical (unpaired) electrons. The lowest BCUT2D eigenvalue weighted by Crippen LogP contribution is -2.70. The molecular formula is C63H100O28. The second-order valence-electron chi connectivity index (χ2n) is 29.8. The van der Waals surface area contributed by atoms with Gasteiger partial charge in [-0.2, -0.15) is 0 Å². The molecule has 0 aromatic rings. The maximum absolute atomic E-state index is 15.8. The Kier molecular flexibility index (Phi) is 20.2. The number of hydrogen-bond donors (Lipinski definition) is 13. The van der Waals surface area contributed by atoms with Crippen LogP contribution in [0, 0.1) is 50.2 Å². The second-order valence-corrected chi connectivity index (χ2v) is 29.8. The van der Waals surface area contributed by atoms with E-state index in [1.54, 1.807) is 0 Å². The molecule has 0 amide bonds. The summed E-state index contributed by atoms with van der Waals surface area (Å²) in [7, 11) is 0. The minimum atomic E-state index is -1.90. The van der Waals surface area contributed by atoms with Crippen molar-refractivity contribution < 1.29 is 138 Å². The molecule has 28 nitrogen and oxygen atoms in total. The zero-order valence-corrected chi connectivity index (χ0v) is 53.9. The number of fused-ring (bicyclic) bond motifs is 7. The van der Waals surface area contributed by atoms with Gasteiger partial charge in [0.1, 0.15) is 78.7 Å². The van der Waals surface area contributed by atoms with Crippen molar-refractivity contribution in [2.45, 2.75) is 300 Å². The summed E-state index contributed by atoms with van der Waals surface area (Å²) in [5.74, 6) is -3.64. The highest BCUT2D eigenvalue weighted by atomic mass is 16.8. The van der Waals surface area contributed by atoms with E-state index in [0.29, 0.717) is 32.1 Å². The van der Waals surface area contributed by atoms with E-state index in [-0.39, 0.29) is 36.5 Å². The lowest BCUT2D eigenvalue weighted by molar-refractivity contribution is -0.380. The third-order valence-electron chi connectivity index (χ3n) is 23.6. The number of hydrogen-bond acceptors (Lipinski definition) is 28. The van der Waals surface area contributed by atoms with E-state index in [2.05, 4.69) is 40.7 Å². The number of carbonyl (C=O) groups excluding carboxylic acids is 3. The van der Waals surface area contributed by atoms with Gasteiger partial charge >= 0.3 is 17.9 Å². The van der Waals surface area contributed by atoms with E-state index >= 15 is 4.79 Å². The minimum absolute atomic E-state index is 0.106. The van der Waals surface area contributed by atoms with Gasteiger partial charge in [0.05, 0.1) is 55.9 Å². The fourth-order valence-corrected chi connectivity index (χ4v) is 18.4. The second kappa shape index (κ2) is 25.9. The summed E-state index contributed by atoms with van der Waals surface area (Å²) in [5.41, 5.74) is -4.05. The van der Waals surface area contributed by atoms with Gasteiger partial charge in [-0.3, -0.25) is 14.4 Å². The predicted molar refractivity (Wildman–Crippen MR) is 307 cm³/mol. The van der Waals surface area contributed by atoms with Crippen molar-refractivity contribution in [3.05, 3.63) is 11.6 Å². The van der Waals surface area contributed by atoms with E-state index in [1.165, 1.54) is 27.7 Å². The third-order valence-corrected chi connectivity index (χ3v) is 23.6. The average Bonchev–Trinajstić information content (AvgIpc) is 0.671. The van der Waals surface area contributed by atoms with Crippen LogP contribution in [0.3, 0.4) is 0 Å². The molecule has 28 heteroatoms. The van der Waals surface area contributed by atoms with E-state index in [4.69, 9.17) is 56.8 Å². The van der Waals surface area contributed by atoms with Gasteiger partial charge in [-0.05, 0) is 118 Å². The van der Waals surface area contributed by atoms with Gasteiger partial charge in [0, 0.05) is 19.3 Å². The summed E-state index contributed by atoms with van der Waals surface area (Å²) >= 11 is 0. The molecule has 9 fully saturated rings. The zero-order valence-electron chi connectivity index (χ0n) is 53.9. The standard InChI is InChI=1S/C63H100O28/c1-24-37(70)39(72)41(74)53(81-24)88-48-33(68)22-80-52(45(48)78)87-47-27(4)83-55(49(44(47)77)86-29(6)66)89-50-43(76)46(85-28(5)65)26(3)84-56(50)91-57(79)63-18-17-58(7,8)19-31(63)30-13-14-35-59(9)20-32(67)51(90-54-42(75)40(73)38(71)25(2)82-54)60(10,23-64)34(59)15-16-61(35,11)62(30,12)21-36(63)69/h13,24-27,31-56,64,67-78H,14-23H2,1-12H3. The molecule has 5 aliphatic heterocycles. The summed E-state index contributed by atoms with van der Waals surface area (Å²) in [6, 6.07) is 0.